The first-order valence-corrected chi connectivity index (χ1v) is 9.93. The summed E-state index contributed by atoms with van der Waals surface area (Å²) in [6, 6.07) is 24.4. The van der Waals surface area contributed by atoms with Crippen LogP contribution >= 0.6 is 0 Å². The van der Waals surface area contributed by atoms with Gasteiger partial charge in [-0.15, -0.1) is 0 Å². The van der Waals surface area contributed by atoms with Gasteiger partial charge in [0.2, 0.25) is 5.91 Å². The highest BCUT2D eigenvalue weighted by Crippen LogP contribution is 2.28. The van der Waals surface area contributed by atoms with Crippen molar-refractivity contribution in [2.75, 3.05) is 16.8 Å². The Balaban J connectivity index is 1.67. The van der Waals surface area contributed by atoms with Crippen molar-refractivity contribution in [2.24, 2.45) is 4.99 Å². The molecule has 4 rings (SSSR count). The Labute approximate surface area is 176 Å². The molecule has 0 radical (unpaired) electrons. The van der Waals surface area contributed by atoms with E-state index >= 15 is 0 Å². The maximum atomic E-state index is 13.2. The molecule has 5 nitrogen and oxygen atoms in total. The second-order valence-corrected chi connectivity index (χ2v) is 7.38. The van der Waals surface area contributed by atoms with E-state index in [0.29, 0.717) is 11.4 Å². The summed E-state index contributed by atoms with van der Waals surface area (Å²) < 4.78 is 0. The fraction of sp³-hybridized carbons (Fsp3) is 0.160. The number of anilines is 2. The van der Waals surface area contributed by atoms with Gasteiger partial charge < -0.3 is 10.2 Å². The first-order valence-electron chi connectivity index (χ1n) is 9.93. The van der Waals surface area contributed by atoms with E-state index in [9.17, 15) is 9.59 Å². The van der Waals surface area contributed by atoms with Crippen LogP contribution in [0.4, 0.5) is 11.4 Å². The molecule has 1 heterocycles. The molecule has 5 heteroatoms. The summed E-state index contributed by atoms with van der Waals surface area (Å²) in [7, 11) is 0. The van der Waals surface area contributed by atoms with Gasteiger partial charge in [0.25, 0.3) is 5.91 Å². The van der Waals surface area contributed by atoms with Gasteiger partial charge in [-0.2, -0.15) is 0 Å². The Morgan fingerprint density at radius 3 is 2.37 bits per heavy atom. The van der Waals surface area contributed by atoms with Crippen LogP contribution in [0.1, 0.15) is 23.6 Å². The molecule has 0 fully saturated rings. The van der Waals surface area contributed by atoms with Crippen LogP contribution in [0.3, 0.4) is 0 Å². The predicted molar refractivity (Wildman–Crippen MR) is 120 cm³/mol. The van der Waals surface area contributed by atoms with Gasteiger partial charge in [0, 0.05) is 16.8 Å². The molecule has 0 unspecified atom stereocenters. The molecule has 3 aromatic carbocycles. The van der Waals surface area contributed by atoms with E-state index in [1.54, 1.807) is 6.92 Å². The number of fused-ring (bicyclic) bond motifs is 1. The minimum Gasteiger partial charge on any atom is -0.325 e. The fourth-order valence-electron chi connectivity index (χ4n) is 3.54. The van der Waals surface area contributed by atoms with Gasteiger partial charge >= 0.3 is 0 Å². The number of carbonyl (C=O) groups excluding carboxylic acids is 2. The lowest BCUT2D eigenvalue weighted by Crippen LogP contribution is -2.42. The number of hydrogen-bond acceptors (Lipinski definition) is 3. The molecule has 0 saturated carbocycles. The highest BCUT2D eigenvalue weighted by Gasteiger charge is 2.30. The average Bonchev–Trinajstić information content (AvgIpc) is 2.86. The van der Waals surface area contributed by atoms with Crippen LogP contribution in [0.2, 0.25) is 0 Å². The molecule has 150 valence electrons. The van der Waals surface area contributed by atoms with Crippen LogP contribution in [0.15, 0.2) is 83.9 Å². The first kappa shape index (κ1) is 19.6. The van der Waals surface area contributed by atoms with Gasteiger partial charge in [-0.05, 0) is 32.0 Å². The molecule has 0 bridgehead atoms. The molecule has 1 atom stereocenters. The van der Waals surface area contributed by atoms with Crippen molar-refractivity contribution >= 4 is 28.9 Å². The van der Waals surface area contributed by atoms with Crippen LogP contribution in [0, 0.1) is 6.92 Å². The van der Waals surface area contributed by atoms with Crippen molar-refractivity contribution in [2.45, 2.75) is 19.9 Å². The lowest BCUT2D eigenvalue weighted by Gasteiger charge is -2.24. The van der Waals surface area contributed by atoms with E-state index in [0.717, 1.165) is 22.4 Å². The molecular weight excluding hydrogens is 374 g/mol. The van der Waals surface area contributed by atoms with Gasteiger partial charge in [-0.1, -0.05) is 66.2 Å². The van der Waals surface area contributed by atoms with Crippen LogP contribution in [-0.4, -0.2) is 30.1 Å². The first-order chi connectivity index (χ1) is 14.5. The zero-order valence-electron chi connectivity index (χ0n) is 17.0. The van der Waals surface area contributed by atoms with Crippen molar-refractivity contribution in [3.63, 3.8) is 0 Å². The lowest BCUT2D eigenvalue weighted by atomic mass is 10.0. The number of nitrogens with zero attached hydrogens (tertiary/aromatic N) is 2. The van der Waals surface area contributed by atoms with E-state index in [-0.39, 0.29) is 18.4 Å². The van der Waals surface area contributed by atoms with Crippen LogP contribution < -0.4 is 10.2 Å². The van der Waals surface area contributed by atoms with Gasteiger partial charge in [0.15, 0.2) is 0 Å². The average molecular weight is 397 g/mol. The number of hydrogen-bond donors (Lipinski definition) is 1. The maximum Gasteiger partial charge on any atom is 0.252 e. The van der Waals surface area contributed by atoms with Gasteiger partial charge in [0.1, 0.15) is 12.6 Å². The fourth-order valence-corrected chi connectivity index (χ4v) is 3.54. The Hall–Kier alpha value is -3.73. The summed E-state index contributed by atoms with van der Waals surface area (Å²) in [5.41, 5.74) is 5.04. The van der Waals surface area contributed by atoms with E-state index < -0.39 is 6.04 Å². The van der Waals surface area contributed by atoms with Crippen molar-refractivity contribution in [3.05, 3.63) is 95.6 Å². The third-order valence-corrected chi connectivity index (χ3v) is 5.08. The molecule has 1 aliphatic heterocycles. The predicted octanol–water partition coefficient (Wildman–Crippen LogP) is 4.21. The molecule has 1 aliphatic rings. The SMILES string of the molecule is Cc1ccc(NC(=O)CN2C(=O)[C@H](C)N=C(c3ccccc3)c3ccccc32)cc1. The molecule has 1 N–H and O–H groups in total. The summed E-state index contributed by atoms with van der Waals surface area (Å²) in [5, 5.41) is 2.88. The number of aryl methyl sites for hydroxylation is 1. The molecule has 0 saturated heterocycles. The molecule has 30 heavy (non-hydrogen) atoms. The number of aliphatic imine (C=N–C) groups is 1. The molecule has 3 aromatic rings. The normalized spacial score (nSPS) is 15.8. The van der Waals surface area contributed by atoms with Gasteiger partial charge in [-0.3, -0.25) is 14.6 Å². The number of amides is 2. The Bertz CT molecular complexity index is 1100. The van der Waals surface area contributed by atoms with E-state index in [2.05, 4.69) is 5.32 Å². The van der Waals surface area contributed by atoms with E-state index in [1.165, 1.54) is 4.90 Å². The third-order valence-electron chi connectivity index (χ3n) is 5.08. The van der Waals surface area contributed by atoms with E-state index in [1.807, 2.05) is 85.8 Å². The summed E-state index contributed by atoms with van der Waals surface area (Å²) in [6.07, 6.45) is 0. The number of para-hydroxylation sites is 1. The Kier molecular flexibility index (Phi) is 5.44. The number of benzene rings is 3. The molecule has 0 aliphatic carbocycles. The highest BCUT2D eigenvalue weighted by molar-refractivity contribution is 6.20. The third kappa shape index (κ3) is 4.01. The Morgan fingerprint density at radius 2 is 1.63 bits per heavy atom. The standard InChI is InChI=1S/C25H23N3O2/c1-17-12-14-20(15-13-17)27-23(29)16-28-22-11-7-6-10-21(22)24(26-18(2)25(28)30)19-8-4-3-5-9-19/h3-15,18H,16H2,1-2H3,(H,27,29)/t18-/m0/s1. The number of carbonyl (C=O) groups is 2. The summed E-state index contributed by atoms with van der Waals surface area (Å²) in [5.74, 6) is -0.454. The van der Waals surface area contributed by atoms with Crippen LogP contribution in [0.5, 0.6) is 0 Å². The number of nitrogens with one attached hydrogen (secondary N) is 1. The largest absolute Gasteiger partial charge is 0.325 e. The molecule has 0 aromatic heterocycles. The minimum absolute atomic E-state index is 0.0777. The summed E-state index contributed by atoms with van der Waals surface area (Å²) in [4.78, 5) is 32.1. The summed E-state index contributed by atoms with van der Waals surface area (Å²) in [6.45, 7) is 3.68. The topological polar surface area (TPSA) is 61.8 Å². The van der Waals surface area contributed by atoms with Crippen LogP contribution in [0.25, 0.3) is 0 Å². The Morgan fingerprint density at radius 1 is 0.967 bits per heavy atom. The van der Waals surface area contributed by atoms with Gasteiger partial charge in [-0.25, -0.2) is 0 Å². The van der Waals surface area contributed by atoms with E-state index in [4.69, 9.17) is 4.99 Å². The zero-order chi connectivity index (χ0) is 21.1. The number of benzodiazepines with no additional fused rings is 1. The number of rotatable bonds is 4. The minimum atomic E-state index is -0.597. The molecular formula is C25H23N3O2. The van der Waals surface area contributed by atoms with Crippen molar-refractivity contribution in [3.8, 4) is 0 Å². The van der Waals surface area contributed by atoms with Crippen molar-refractivity contribution in [1.82, 2.24) is 0 Å². The van der Waals surface area contributed by atoms with Crippen LogP contribution in [-0.2, 0) is 9.59 Å². The monoisotopic (exact) mass is 397 g/mol. The molecule has 0 spiro atoms. The van der Waals surface area contributed by atoms with Crippen molar-refractivity contribution < 1.29 is 9.59 Å². The van der Waals surface area contributed by atoms with Gasteiger partial charge in [0.05, 0.1) is 11.4 Å². The second kappa shape index (κ2) is 8.33. The lowest BCUT2D eigenvalue weighted by molar-refractivity contribution is -0.122. The smallest absolute Gasteiger partial charge is 0.252 e. The molecule has 2 amide bonds. The highest BCUT2D eigenvalue weighted by atomic mass is 16.2. The quantitative estimate of drug-likeness (QED) is 0.717. The summed E-state index contributed by atoms with van der Waals surface area (Å²) >= 11 is 0. The van der Waals surface area contributed by atoms with Crippen molar-refractivity contribution in [1.29, 1.82) is 0 Å². The second-order valence-electron chi connectivity index (χ2n) is 7.38. The zero-order valence-corrected chi connectivity index (χ0v) is 17.0. The maximum absolute atomic E-state index is 13.2.